The summed E-state index contributed by atoms with van der Waals surface area (Å²) in [6, 6.07) is 2.58. The van der Waals surface area contributed by atoms with Gasteiger partial charge in [-0.15, -0.1) is 0 Å². The lowest BCUT2D eigenvalue weighted by atomic mass is 9.95. The molecule has 0 amide bonds. The van der Waals surface area contributed by atoms with Crippen molar-refractivity contribution in [2.75, 3.05) is 7.11 Å². The van der Waals surface area contributed by atoms with E-state index in [0.717, 1.165) is 18.9 Å². The van der Waals surface area contributed by atoms with Crippen LogP contribution in [0.15, 0.2) is 24.3 Å². The summed E-state index contributed by atoms with van der Waals surface area (Å²) in [6.45, 7) is 0. The lowest BCUT2D eigenvalue weighted by Crippen LogP contribution is -2.03. The average Bonchev–Trinajstić information content (AvgIpc) is 2.75. The molecule has 2 rings (SSSR count). The topological polar surface area (TPSA) is 9.23 Å². The van der Waals surface area contributed by atoms with Gasteiger partial charge < -0.3 is 4.74 Å². The molecule has 1 nitrogen and oxygen atoms in total. The minimum Gasteiger partial charge on any atom is -0.496 e. The molecule has 15 heavy (non-hydrogen) atoms. The largest absolute Gasteiger partial charge is 0.496 e. The molecule has 0 N–H and O–H groups in total. The third kappa shape index (κ3) is 1.74. The van der Waals surface area contributed by atoms with E-state index in [2.05, 4.69) is 0 Å². The van der Waals surface area contributed by atoms with E-state index < -0.39 is 11.6 Å². The number of halogens is 2. The van der Waals surface area contributed by atoms with Gasteiger partial charge in [0.05, 0.1) is 7.11 Å². The van der Waals surface area contributed by atoms with E-state index in [1.54, 1.807) is 0 Å². The van der Waals surface area contributed by atoms with Gasteiger partial charge in [0.15, 0.2) is 11.6 Å². The predicted molar refractivity (Wildman–Crippen MR) is 54.0 cm³/mol. The van der Waals surface area contributed by atoms with Gasteiger partial charge in [-0.05, 0) is 30.9 Å². The second kappa shape index (κ2) is 4.01. The molecule has 3 heteroatoms. The first-order valence-electron chi connectivity index (χ1n) is 4.91. The molecule has 0 fully saturated rings. The van der Waals surface area contributed by atoms with Crippen molar-refractivity contribution in [1.29, 1.82) is 0 Å². The maximum atomic E-state index is 13.6. The van der Waals surface area contributed by atoms with Gasteiger partial charge in [-0.2, -0.15) is 0 Å². The van der Waals surface area contributed by atoms with Crippen LogP contribution in [0, 0.1) is 11.6 Å². The van der Waals surface area contributed by atoms with Gasteiger partial charge in [-0.25, -0.2) is 8.78 Å². The Morgan fingerprint density at radius 3 is 2.47 bits per heavy atom. The van der Waals surface area contributed by atoms with Gasteiger partial charge in [0.2, 0.25) is 0 Å². The highest BCUT2D eigenvalue weighted by Gasteiger charge is 2.23. The second-order valence-electron chi connectivity index (χ2n) is 3.62. The minimum atomic E-state index is -0.808. The molecule has 1 aliphatic carbocycles. The van der Waals surface area contributed by atoms with Crippen molar-refractivity contribution in [3.8, 4) is 5.75 Å². The lowest BCUT2D eigenvalue weighted by Gasteiger charge is -2.15. The van der Waals surface area contributed by atoms with Crippen LogP contribution in [0.3, 0.4) is 0 Å². The molecule has 0 aliphatic heterocycles. The third-order valence-corrected chi connectivity index (χ3v) is 2.73. The summed E-state index contributed by atoms with van der Waals surface area (Å²) >= 11 is 0. The first-order valence-corrected chi connectivity index (χ1v) is 4.91. The minimum absolute atomic E-state index is 0.00986. The van der Waals surface area contributed by atoms with Crippen LogP contribution in [0.5, 0.6) is 5.75 Å². The summed E-state index contributed by atoms with van der Waals surface area (Å²) in [4.78, 5) is 0. The fourth-order valence-electron chi connectivity index (χ4n) is 1.96. The van der Waals surface area contributed by atoms with Gasteiger partial charge in [0.1, 0.15) is 5.75 Å². The molecule has 0 aromatic heterocycles. The molecular weight excluding hydrogens is 198 g/mol. The highest BCUT2D eigenvalue weighted by Crippen LogP contribution is 2.37. The van der Waals surface area contributed by atoms with Crippen molar-refractivity contribution < 1.29 is 13.5 Å². The summed E-state index contributed by atoms with van der Waals surface area (Å²) in [6.07, 6.45) is 5.45. The van der Waals surface area contributed by atoms with Crippen molar-refractivity contribution >= 4 is 0 Å². The molecule has 1 aromatic rings. The van der Waals surface area contributed by atoms with Gasteiger partial charge in [-0.1, -0.05) is 12.2 Å². The standard InChI is InChI=1S/C12H12F2O/c1-15-10-7-6-9(13)12(14)11(10)8-4-2-3-5-8/h2-3,6-8H,4-5H2,1H3. The molecular formula is C12H12F2O. The average molecular weight is 210 g/mol. The summed E-state index contributed by atoms with van der Waals surface area (Å²) < 4.78 is 31.8. The Morgan fingerprint density at radius 1 is 1.20 bits per heavy atom. The van der Waals surface area contributed by atoms with Crippen LogP contribution in [0.4, 0.5) is 8.78 Å². The molecule has 0 bridgehead atoms. The fourth-order valence-corrected chi connectivity index (χ4v) is 1.96. The molecule has 1 aliphatic rings. The van der Waals surface area contributed by atoms with E-state index in [1.165, 1.54) is 13.2 Å². The maximum absolute atomic E-state index is 13.6. The van der Waals surface area contributed by atoms with Crippen molar-refractivity contribution in [2.45, 2.75) is 18.8 Å². The second-order valence-corrected chi connectivity index (χ2v) is 3.62. The van der Waals surface area contributed by atoms with E-state index in [4.69, 9.17) is 4.74 Å². The molecule has 0 heterocycles. The predicted octanol–water partition coefficient (Wildman–Crippen LogP) is 3.41. The third-order valence-electron chi connectivity index (χ3n) is 2.73. The van der Waals surface area contributed by atoms with E-state index in [0.29, 0.717) is 11.3 Å². The van der Waals surface area contributed by atoms with Crippen molar-refractivity contribution in [2.24, 2.45) is 0 Å². The molecule has 0 spiro atoms. The van der Waals surface area contributed by atoms with E-state index in [1.807, 2.05) is 12.2 Å². The first-order chi connectivity index (χ1) is 7.24. The quantitative estimate of drug-likeness (QED) is 0.680. The Hall–Kier alpha value is -1.38. The normalized spacial score (nSPS) is 15.9. The van der Waals surface area contributed by atoms with Crippen LogP contribution in [0.2, 0.25) is 0 Å². The maximum Gasteiger partial charge on any atom is 0.166 e. The number of hydrogen-bond donors (Lipinski definition) is 0. The highest BCUT2D eigenvalue weighted by molar-refractivity contribution is 5.39. The van der Waals surface area contributed by atoms with Gasteiger partial charge >= 0.3 is 0 Å². The number of hydrogen-bond acceptors (Lipinski definition) is 1. The monoisotopic (exact) mass is 210 g/mol. The summed E-state index contributed by atoms with van der Waals surface area (Å²) in [5, 5.41) is 0. The van der Waals surface area contributed by atoms with Crippen LogP contribution in [0.1, 0.15) is 24.3 Å². The van der Waals surface area contributed by atoms with E-state index in [-0.39, 0.29) is 5.92 Å². The molecule has 0 saturated carbocycles. The van der Waals surface area contributed by atoms with Crippen LogP contribution in [-0.4, -0.2) is 7.11 Å². The lowest BCUT2D eigenvalue weighted by molar-refractivity contribution is 0.392. The van der Waals surface area contributed by atoms with Gasteiger partial charge in [-0.3, -0.25) is 0 Å². The number of ether oxygens (including phenoxy) is 1. The van der Waals surface area contributed by atoms with Crippen LogP contribution in [0.25, 0.3) is 0 Å². The Kier molecular flexibility index (Phi) is 2.71. The van der Waals surface area contributed by atoms with E-state index in [9.17, 15) is 8.78 Å². The molecule has 1 aromatic carbocycles. The zero-order valence-electron chi connectivity index (χ0n) is 8.47. The Balaban J connectivity index is 2.46. The number of allylic oxidation sites excluding steroid dienone is 2. The van der Waals surface area contributed by atoms with Gasteiger partial charge in [0, 0.05) is 5.56 Å². The van der Waals surface area contributed by atoms with Crippen LogP contribution in [-0.2, 0) is 0 Å². The van der Waals surface area contributed by atoms with Crippen molar-refractivity contribution in [3.63, 3.8) is 0 Å². The molecule has 0 atom stereocenters. The molecule has 0 saturated heterocycles. The van der Waals surface area contributed by atoms with Crippen LogP contribution < -0.4 is 4.74 Å². The smallest absolute Gasteiger partial charge is 0.166 e. The Bertz CT molecular complexity index is 391. The van der Waals surface area contributed by atoms with Gasteiger partial charge in [0.25, 0.3) is 0 Å². The first kappa shape index (κ1) is 10.1. The van der Waals surface area contributed by atoms with Crippen molar-refractivity contribution in [3.05, 3.63) is 41.5 Å². The summed E-state index contributed by atoms with van der Waals surface area (Å²) in [5.41, 5.74) is 0.363. The highest BCUT2D eigenvalue weighted by atomic mass is 19.2. The summed E-state index contributed by atoms with van der Waals surface area (Å²) in [7, 11) is 1.47. The molecule has 0 radical (unpaired) electrons. The van der Waals surface area contributed by atoms with E-state index >= 15 is 0 Å². The Morgan fingerprint density at radius 2 is 1.87 bits per heavy atom. The summed E-state index contributed by atoms with van der Waals surface area (Å²) in [5.74, 6) is -1.14. The molecule has 0 unspecified atom stereocenters. The number of methoxy groups -OCH3 is 1. The zero-order chi connectivity index (χ0) is 10.8. The Labute approximate surface area is 87.4 Å². The SMILES string of the molecule is COc1ccc(F)c(F)c1C1CC=CC1. The zero-order valence-corrected chi connectivity index (χ0v) is 8.47. The van der Waals surface area contributed by atoms with Crippen LogP contribution >= 0.6 is 0 Å². The van der Waals surface area contributed by atoms with Crippen molar-refractivity contribution in [1.82, 2.24) is 0 Å². The number of benzene rings is 1. The fraction of sp³-hybridized carbons (Fsp3) is 0.333. The molecule has 80 valence electrons. The number of rotatable bonds is 2.